The maximum absolute atomic E-state index is 8.25. The number of para-hydroxylation sites is 2. The molecule has 12 heteroatoms. The highest BCUT2D eigenvalue weighted by Gasteiger charge is 2.24. The highest BCUT2D eigenvalue weighted by Crippen LogP contribution is 2.46. The molecular formula is C44H67N5O6S. The number of anilines is 1. The zero-order valence-corrected chi connectivity index (χ0v) is 35.3. The standard InChI is InChI=1S/C44H67N3S.2NO3/c1-5-9-10-11-12-13-14-15-16-17-18-19-20-25-36-46-42-31-23-24-32-43(42)48-44(46)33-26-28-39-34-37-45(41-30-22-21-29-40(39)41)35-27-38-47(6-2,7-3)8-4;2*2-1(3)4/h21-24,26,28-34,37H,5-20,25,27,35-36,38H2,1-4H3;;/q+2;2*-1. The van der Waals surface area contributed by atoms with Crippen LogP contribution in [0.4, 0.5) is 5.69 Å². The first-order valence-electron chi connectivity index (χ1n) is 20.9. The second-order valence-corrected chi connectivity index (χ2v) is 15.5. The smallest absolute Gasteiger partial charge is 0.213 e. The lowest BCUT2D eigenvalue weighted by Crippen LogP contribution is -2.49. The summed E-state index contributed by atoms with van der Waals surface area (Å²) < 4.78 is 3.68. The van der Waals surface area contributed by atoms with Crippen molar-refractivity contribution in [1.29, 1.82) is 0 Å². The fraction of sp³-hybridized carbons (Fsp3) is 0.568. The predicted octanol–water partition coefficient (Wildman–Crippen LogP) is 11.9. The van der Waals surface area contributed by atoms with Crippen LogP contribution in [0.15, 0.2) is 82.9 Å². The van der Waals surface area contributed by atoms with E-state index in [4.69, 9.17) is 30.6 Å². The molecule has 2 heterocycles. The van der Waals surface area contributed by atoms with Crippen LogP contribution in [-0.4, -0.2) is 47.4 Å². The number of fused-ring (bicyclic) bond motifs is 2. The number of hydrogen-bond donors (Lipinski definition) is 0. The van der Waals surface area contributed by atoms with Crippen molar-refractivity contribution >= 4 is 34.4 Å². The highest BCUT2D eigenvalue weighted by molar-refractivity contribution is 8.03. The lowest BCUT2D eigenvalue weighted by molar-refractivity contribution is -0.925. The maximum Gasteiger partial charge on any atom is 0.213 e. The average Bonchev–Trinajstić information content (AvgIpc) is 3.54. The third-order valence-corrected chi connectivity index (χ3v) is 12.0. The largest absolute Gasteiger partial charge is 0.356 e. The summed E-state index contributed by atoms with van der Waals surface area (Å²) >= 11 is 1.92. The van der Waals surface area contributed by atoms with Gasteiger partial charge in [0.2, 0.25) is 5.52 Å². The van der Waals surface area contributed by atoms with Crippen LogP contribution in [0.1, 0.15) is 130 Å². The van der Waals surface area contributed by atoms with E-state index in [0.717, 1.165) is 13.1 Å². The number of unbranched alkanes of at least 4 members (excludes halogenated alkanes) is 13. The van der Waals surface area contributed by atoms with Crippen LogP contribution in [0.3, 0.4) is 0 Å². The van der Waals surface area contributed by atoms with Gasteiger partial charge in [-0.2, -0.15) is 4.57 Å². The van der Waals surface area contributed by atoms with E-state index in [9.17, 15) is 0 Å². The molecule has 1 aliphatic rings. The van der Waals surface area contributed by atoms with E-state index in [-0.39, 0.29) is 0 Å². The Balaban J connectivity index is 0.00000123. The molecular weight excluding hydrogens is 727 g/mol. The van der Waals surface area contributed by atoms with Crippen LogP contribution in [-0.2, 0) is 6.54 Å². The summed E-state index contributed by atoms with van der Waals surface area (Å²) in [6, 6.07) is 20.2. The number of aromatic nitrogens is 1. The Morgan fingerprint density at radius 3 is 1.77 bits per heavy atom. The summed E-state index contributed by atoms with van der Waals surface area (Å²) in [6.07, 6.45) is 30.1. The Morgan fingerprint density at radius 1 is 0.679 bits per heavy atom. The molecule has 0 unspecified atom stereocenters. The zero-order valence-electron chi connectivity index (χ0n) is 34.4. The van der Waals surface area contributed by atoms with E-state index in [0.29, 0.717) is 0 Å². The molecule has 3 aromatic rings. The molecule has 0 fully saturated rings. The molecule has 1 aliphatic heterocycles. The van der Waals surface area contributed by atoms with Gasteiger partial charge in [0, 0.05) is 23.6 Å². The van der Waals surface area contributed by atoms with Gasteiger partial charge < -0.3 is 40.0 Å². The number of thioether (sulfide) groups is 1. The molecule has 0 spiro atoms. The normalized spacial score (nSPS) is 13.0. The van der Waals surface area contributed by atoms with Crippen molar-refractivity contribution in [2.45, 2.75) is 135 Å². The van der Waals surface area contributed by atoms with Gasteiger partial charge in [-0.3, -0.25) is 0 Å². The zero-order chi connectivity index (χ0) is 41.0. The molecule has 4 rings (SSSR count). The van der Waals surface area contributed by atoms with Gasteiger partial charge in [0.15, 0.2) is 12.7 Å². The van der Waals surface area contributed by atoms with Crippen LogP contribution in [0, 0.1) is 30.6 Å². The Hall–Kier alpha value is -4.16. The molecule has 2 aromatic carbocycles. The van der Waals surface area contributed by atoms with Gasteiger partial charge in [-0.25, -0.2) is 0 Å². The summed E-state index contributed by atoms with van der Waals surface area (Å²) in [6.45, 7) is 16.4. The third-order valence-electron chi connectivity index (χ3n) is 10.9. The molecule has 0 aliphatic carbocycles. The highest BCUT2D eigenvalue weighted by atomic mass is 32.2. The fourth-order valence-electron chi connectivity index (χ4n) is 7.48. The van der Waals surface area contributed by atoms with E-state index in [1.807, 2.05) is 11.8 Å². The number of hydrogen-bond acceptors (Lipinski definition) is 8. The van der Waals surface area contributed by atoms with Crippen molar-refractivity contribution in [2.24, 2.45) is 0 Å². The van der Waals surface area contributed by atoms with Gasteiger partial charge in [-0.15, -0.1) is 0 Å². The molecule has 0 saturated heterocycles. The van der Waals surface area contributed by atoms with Gasteiger partial charge in [-0.05, 0) is 57.0 Å². The molecule has 0 saturated carbocycles. The second-order valence-electron chi connectivity index (χ2n) is 14.5. The third kappa shape index (κ3) is 18.2. The molecule has 0 bridgehead atoms. The first-order chi connectivity index (χ1) is 27.1. The summed E-state index contributed by atoms with van der Waals surface area (Å²) in [7, 11) is 0. The van der Waals surface area contributed by atoms with E-state index < -0.39 is 10.2 Å². The summed E-state index contributed by atoms with van der Waals surface area (Å²) in [4.78, 5) is 20.4. The van der Waals surface area contributed by atoms with Gasteiger partial charge >= 0.3 is 0 Å². The topological polar surface area (TPSA) is 140 Å². The average molecular weight is 794 g/mol. The van der Waals surface area contributed by atoms with E-state index in [1.54, 1.807) is 0 Å². The number of nitrogens with zero attached hydrogens (tertiary/aromatic N) is 5. The number of pyridine rings is 1. The first kappa shape index (κ1) is 48.0. The minimum Gasteiger partial charge on any atom is -0.356 e. The molecule has 11 nitrogen and oxygen atoms in total. The quantitative estimate of drug-likeness (QED) is 0.0287. The number of aryl methyl sites for hydroxylation is 1. The first-order valence-corrected chi connectivity index (χ1v) is 21.7. The number of allylic oxidation sites excluding steroid dienone is 2. The Labute approximate surface area is 339 Å². The van der Waals surface area contributed by atoms with Crippen molar-refractivity contribution in [2.75, 3.05) is 37.6 Å². The van der Waals surface area contributed by atoms with Crippen LogP contribution < -0.4 is 9.47 Å². The molecule has 1 aromatic heterocycles. The van der Waals surface area contributed by atoms with Crippen molar-refractivity contribution in [3.8, 4) is 0 Å². The minimum atomic E-state index is -1.75. The Kier molecular flexibility index (Phi) is 24.2. The van der Waals surface area contributed by atoms with Crippen LogP contribution in [0.2, 0.25) is 0 Å². The second kappa shape index (κ2) is 28.3. The molecule has 56 heavy (non-hydrogen) atoms. The Morgan fingerprint density at radius 2 is 1.20 bits per heavy atom. The van der Waals surface area contributed by atoms with Crippen LogP contribution in [0.5, 0.6) is 0 Å². The fourth-order valence-corrected chi connectivity index (χ4v) is 8.58. The van der Waals surface area contributed by atoms with Crippen molar-refractivity contribution < 1.29 is 19.2 Å². The minimum absolute atomic E-state index is 1.07. The van der Waals surface area contributed by atoms with E-state index in [2.05, 4.69) is 116 Å². The van der Waals surface area contributed by atoms with Crippen LogP contribution in [0.25, 0.3) is 17.0 Å². The monoisotopic (exact) mass is 793 g/mol. The molecule has 0 atom stereocenters. The predicted molar refractivity (Wildman–Crippen MR) is 233 cm³/mol. The molecule has 310 valence electrons. The lowest BCUT2D eigenvalue weighted by Gasteiger charge is -2.35. The van der Waals surface area contributed by atoms with Gasteiger partial charge in [0.1, 0.15) is 0 Å². The summed E-state index contributed by atoms with van der Waals surface area (Å²) in [5.41, 5.74) is 4.00. The lowest BCUT2D eigenvalue weighted by atomic mass is 10.0. The van der Waals surface area contributed by atoms with E-state index in [1.165, 1.54) is 159 Å². The van der Waals surface area contributed by atoms with Gasteiger partial charge in [-0.1, -0.05) is 139 Å². The Bertz CT molecular complexity index is 1600. The van der Waals surface area contributed by atoms with Gasteiger partial charge in [0.05, 0.1) is 58.9 Å². The number of rotatable bonds is 24. The SMILES string of the molecule is CCCCCCCCCCCCCCCCN1C(=CC=Cc2cc[n+](CCC[N+](CC)(CC)CC)c3ccccc23)Sc2ccccc21.O=[N+]([O-])[O-].O=[N+]([O-])[O-]. The van der Waals surface area contributed by atoms with E-state index >= 15 is 0 Å². The van der Waals surface area contributed by atoms with Crippen LogP contribution >= 0.6 is 11.8 Å². The molecule has 0 N–H and O–H groups in total. The summed E-state index contributed by atoms with van der Waals surface area (Å²) in [5, 5.41) is 32.2. The number of quaternary nitrogens is 1. The van der Waals surface area contributed by atoms with Crippen molar-refractivity contribution in [3.63, 3.8) is 0 Å². The molecule has 0 radical (unpaired) electrons. The van der Waals surface area contributed by atoms with Gasteiger partial charge in [0.25, 0.3) is 0 Å². The van der Waals surface area contributed by atoms with Crippen molar-refractivity contribution in [3.05, 3.63) is 114 Å². The van der Waals surface area contributed by atoms with Crippen molar-refractivity contribution in [1.82, 2.24) is 0 Å². The maximum atomic E-state index is 8.25. The number of benzene rings is 2. The molecule has 0 amide bonds. The summed E-state index contributed by atoms with van der Waals surface area (Å²) in [5.74, 6) is 0.